The number of piperazine rings is 1. The van der Waals surface area contributed by atoms with E-state index in [1.54, 1.807) is 29.3 Å². The molecule has 6 rings (SSSR count). The number of carbonyl (C=O) groups is 1. The highest BCUT2D eigenvalue weighted by molar-refractivity contribution is 6.32. The molecule has 0 spiro atoms. The van der Waals surface area contributed by atoms with Crippen LogP contribution in [0.5, 0.6) is 11.5 Å². The highest BCUT2D eigenvalue weighted by Gasteiger charge is 2.26. The molecule has 0 radical (unpaired) electrons. The van der Waals surface area contributed by atoms with Crippen molar-refractivity contribution >= 4 is 51.7 Å². The number of rotatable bonds is 5. The topological polar surface area (TPSA) is 123 Å². The second kappa shape index (κ2) is 10.9. The van der Waals surface area contributed by atoms with Crippen LogP contribution in [0.3, 0.4) is 0 Å². The van der Waals surface area contributed by atoms with Crippen LogP contribution in [0.2, 0.25) is 5.02 Å². The van der Waals surface area contributed by atoms with E-state index in [4.69, 9.17) is 26.1 Å². The predicted octanol–water partition coefficient (Wildman–Crippen LogP) is 5.45. The van der Waals surface area contributed by atoms with Crippen molar-refractivity contribution in [2.75, 3.05) is 36.4 Å². The van der Waals surface area contributed by atoms with Gasteiger partial charge in [-0.2, -0.15) is 5.10 Å². The second-order valence-electron chi connectivity index (χ2n) is 10.6. The number of hydrogen-bond acceptors (Lipinski definition) is 10. The molecule has 4 aromatic heterocycles. The number of hydrogen-bond donors (Lipinski definition) is 1. The Kier molecular flexibility index (Phi) is 7.11. The molecule has 42 heavy (non-hydrogen) atoms. The molecule has 0 unspecified atom stereocenters. The molecule has 5 heterocycles. The van der Waals surface area contributed by atoms with Crippen LogP contribution in [0.1, 0.15) is 20.8 Å². The SMILES string of the molecule is CC(C)(C)OC(=O)N1CCN(c2ccc3ncnc(Nc4ccc(Oc5ccc6ncnn6c5)c(Cl)c4F)c3n2)CC1. The van der Waals surface area contributed by atoms with Gasteiger partial charge >= 0.3 is 6.09 Å². The van der Waals surface area contributed by atoms with Gasteiger partial charge in [-0.1, -0.05) is 11.6 Å². The van der Waals surface area contributed by atoms with Crippen LogP contribution in [0.4, 0.5) is 26.5 Å². The summed E-state index contributed by atoms with van der Waals surface area (Å²) in [5, 5.41) is 6.87. The zero-order valence-corrected chi connectivity index (χ0v) is 23.8. The molecule has 0 atom stereocenters. The molecule has 1 aliphatic heterocycles. The van der Waals surface area contributed by atoms with Crippen molar-refractivity contribution in [3.8, 4) is 11.5 Å². The summed E-state index contributed by atoms with van der Waals surface area (Å²) in [4.78, 5) is 33.7. The second-order valence-corrected chi connectivity index (χ2v) is 11.0. The average Bonchev–Trinajstić information content (AvgIpc) is 3.44. The molecule has 1 saturated heterocycles. The van der Waals surface area contributed by atoms with E-state index in [1.165, 1.54) is 23.2 Å². The van der Waals surface area contributed by atoms with E-state index in [1.807, 2.05) is 32.9 Å². The Labute approximate surface area is 245 Å². The zero-order chi connectivity index (χ0) is 29.4. The molecule has 0 bridgehead atoms. The molecule has 1 aliphatic rings. The van der Waals surface area contributed by atoms with Gasteiger partial charge in [0.15, 0.2) is 17.3 Å². The van der Waals surface area contributed by atoms with E-state index in [-0.39, 0.29) is 22.6 Å². The summed E-state index contributed by atoms with van der Waals surface area (Å²) in [6.07, 6.45) is 4.09. The molecule has 1 fully saturated rings. The Bertz CT molecular complexity index is 1780. The fourth-order valence-electron chi connectivity index (χ4n) is 4.46. The molecule has 1 amide bonds. The maximum absolute atomic E-state index is 15.4. The number of carbonyl (C=O) groups excluding carboxylic acids is 1. The van der Waals surface area contributed by atoms with Crippen molar-refractivity contribution in [2.24, 2.45) is 0 Å². The number of amides is 1. The summed E-state index contributed by atoms with van der Waals surface area (Å²) in [7, 11) is 0. The Morgan fingerprint density at radius 3 is 2.60 bits per heavy atom. The molecule has 1 N–H and O–H groups in total. The van der Waals surface area contributed by atoms with Gasteiger partial charge in [-0.25, -0.2) is 33.6 Å². The molecule has 12 nitrogen and oxygen atoms in total. The van der Waals surface area contributed by atoms with E-state index in [0.29, 0.717) is 60.2 Å². The number of aromatic nitrogens is 6. The maximum atomic E-state index is 15.4. The number of benzene rings is 1. The number of fused-ring (bicyclic) bond motifs is 2. The normalized spacial score (nSPS) is 13.9. The van der Waals surface area contributed by atoms with Crippen molar-refractivity contribution in [1.82, 2.24) is 34.4 Å². The maximum Gasteiger partial charge on any atom is 0.410 e. The van der Waals surface area contributed by atoms with Gasteiger partial charge in [-0.15, -0.1) is 0 Å². The first-order valence-corrected chi connectivity index (χ1v) is 13.6. The number of halogens is 2. The van der Waals surface area contributed by atoms with Crippen LogP contribution in [-0.2, 0) is 4.74 Å². The number of nitrogens with zero attached hydrogens (tertiary/aromatic N) is 8. The van der Waals surface area contributed by atoms with Gasteiger partial charge < -0.3 is 24.6 Å². The number of ether oxygens (including phenoxy) is 2. The van der Waals surface area contributed by atoms with E-state index < -0.39 is 11.4 Å². The predicted molar refractivity (Wildman–Crippen MR) is 155 cm³/mol. The third kappa shape index (κ3) is 5.68. The van der Waals surface area contributed by atoms with Gasteiger partial charge in [0.2, 0.25) is 0 Å². The summed E-state index contributed by atoms with van der Waals surface area (Å²) in [5.41, 5.74) is 1.23. The van der Waals surface area contributed by atoms with Crippen LogP contribution < -0.4 is 15.0 Å². The molecular weight excluding hydrogens is 565 g/mol. The van der Waals surface area contributed by atoms with Crippen LogP contribution in [0.25, 0.3) is 16.7 Å². The van der Waals surface area contributed by atoms with Crippen LogP contribution >= 0.6 is 11.6 Å². The summed E-state index contributed by atoms with van der Waals surface area (Å²) in [6.45, 7) is 7.67. The lowest BCUT2D eigenvalue weighted by Crippen LogP contribution is -2.50. The van der Waals surface area contributed by atoms with Crippen molar-refractivity contribution < 1.29 is 18.7 Å². The molecule has 216 valence electrons. The van der Waals surface area contributed by atoms with Crippen molar-refractivity contribution in [2.45, 2.75) is 26.4 Å². The first kappa shape index (κ1) is 27.4. The summed E-state index contributed by atoms with van der Waals surface area (Å²) in [5.74, 6) is 0.848. The van der Waals surface area contributed by atoms with Crippen LogP contribution in [0, 0.1) is 5.82 Å². The number of pyridine rings is 2. The largest absolute Gasteiger partial charge is 0.454 e. The van der Waals surface area contributed by atoms with Gasteiger partial charge in [-0.3, -0.25) is 0 Å². The first-order chi connectivity index (χ1) is 20.1. The third-order valence-corrected chi connectivity index (χ3v) is 6.85. The molecule has 1 aromatic carbocycles. The molecule has 5 aromatic rings. The Hall–Kier alpha value is -4.78. The minimum Gasteiger partial charge on any atom is -0.454 e. The van der Waals surface area contributed by atoms with E-state index in [9.17, 15) is 4.79 Å². The van der Waals surface area contributed by atoms with Gasteiger partial charge in [0.25, 0.3) is 0 Å². The highest BCUT2D eigenvalue weighted by atomic mass is 35.5. The van der Waals surface area contributed by atoms with Crippen molar-refractivity contribution in [3.63, 3.8) is 0 Å². The third-order valence-electron chi connectivity index (χ3n) is 6.50. The van der Waals surface area contributed by atoms with Gasteiger partial charge in [0.1, 0.15) is 46.1 Å². The molecule has 0 saturated carbocycles. The zero-order valence-electron chi connectivity index (χ0n) is 23.1. The summed E-state index contributed by atoms with van der Waals surface area (Å²) >= 11 is 6.36. The minimum absolute atomic E-state index is 0.0947. The lowest BCUT2D eigenvalue weighted by Gasteiger charge is -2.36. The highest BCUT2D eigenvalue weighted by Crippen LogP contribution is 2.36. The fourth-order valence-corrected chi connectivity index (χ4v) is 4.67. The van der Waals surface area contributed by atoms with E-state index in [0.717, 1.165) is 0 Å². The Morgan fingerprint density at radius 2 is 1.81 bits per heavy atom. The Balaban J connectivity index is 1.19. The summed E-state index contributed by atoms with van der Waals surface area (Å²) in [6, 6.07) is 10.2. The monoisotopic (exact) mass is 591 g/mol. The molecule has 0 aliphatic carbocycles. The van der Waals surface area contributed by atoms with Crippen LogP contribution in [0.15, 0.2) is 55.2 Å². The van der Waals surface area contributed by atoms with Crippen LogP contribution in [-0.4, -0.2) is 72.3 Å². The van der Waals surface area contributed by atoms with Gasteiger partial charge in [0, 0.05) is 26.2 Å². The van der Waals surface area contributed by atoms with E-state index >= 15 is 4.39 Å². The molecule has 14 heteroatoms. The van der Waals surface area contributed by atoms with Crippen molar-refractivity contribution in [3.05, 3.63) is 66.1 Å². The van der Waals surface area contributed by atoms with Gasteiger partial charge in [-0.05, 0) is 57.2 Å². The fraction of sp³-hybridized carbons (Fsp3) is 0.286. The van der Waals surface area contributed by atoms with E-state index in [2.05, 4.69) is 30.3 Å². The minimum atomic E-state index is -0.711. The Morgan fingerprint density at radius 1 is 1.00 bits per heavy atom. The quantitative estimate of drug-likeness (QED) is 0.282. The average molecular weight is 592 g/mol. The number of anilines is 3. The first-order valence-electron chi connectivity index (χ1n) is 13.2. The summed E-state index contributed by atoms with van der Waals surface area (Å²) < 4.78 is 28.2. The lowest BCUT2D eigenvalue weighted by molar-refractivity contribution is 0.0240. The van der Waals surface area contributed by atoms with Gasteiger partial charge in [0.05, 0.1) is 17.4 Å². The number of nitrogens with one attached hydrogen (secondary N) is 1. The smallest absolute Gasteiger partial charge is 0.410 e. The molecular formula is C28H27ClFN9O3. The van der Waals surface area contributed by atoms with Crippen molar-refractivity contribution in [1.29, 1.82) is 0 Å². The standard InChI is InChI=1S/C28H27ClFN9O3/c1-28(2,3)42-27(40)38-12-10-37(11-13-38)22-9-6-19-25(36-22)26(33-15-31-19)35-18-5-7-20(23(29)24(18)30)41-17-4-8-21-32-16-34-39(21)14-17/h4-9,14-16H,10-13H2,1-3H3,(H,31,33,35). The lowest BCUT2D eigenvalue weighted by atomic mass is 10.2.